The molecular weight excluding hydrogens is 282 g/mol. The molecule has 0 saturated heterocycles. The molecule has 0 amide bonds. The Morgan fingerprint density at radius 2 is 2.20 bits per heavy atom. The second-order valence-corrected chi connectivity index (χ2v) is 5.79. The van der Waals surface area contributed by atoms with Crippen molar-refractivity contribution in [1.82, 2.24) is 4.72 Å². The molecule has 1 aromatic carbocycles. The Labute approximate surface area is 97.5 Å². The van der Waals surface area contributed by atoms with E-state index in [0.29, 0.717) is 4.47 Å². The predicted octanol–water partition coefficient (Wildman–Crippen LogP) is 1.11. The molecule has 0 aliphatic heterocycles. The molecule has 0 aromatic heterocycles. The van der Waals surface area contributed by atoms with Crippen LogP contribution < -0.4 is 4.72 Å². The van der Waals surface area contributed by atoms with Crippen molar-refractivity contribution in [3.63, 3.8) is 0 Å². The third kappa shape index (κ3) is 3.57. The number of hydrogen-bond donors (Lipinski definition) is 2. The number of hydrogen-bond acceptors (Lipinski definition) is 3. The van der Waals surface area contributed by atoms with Gasteiger partial charge in [0.1, 0.15) is 0 Å². The summed E-state index contributed by atoms with van der Waals surface area (Å²) in [6.45, 7) is 1.36. The van der Waals surface area contributed by atoms with Gasteiger partial charge in [-0.1, -0.05) is 22.0 Å². The van der Waals surface area contributed by atoms with Crippen molar-refractivity contribution in [2.75, 3.05) is 6.61 Å². The van der Waals surface area contributed by atoms with E-state index < -0.39 is 16.1 Å². The first-order valence-corrected chi connectivity index (χ1v) is 6.62. The number of aliphatic hydroxyl groups excluding tert-OH is 1. The molecule has 1 aromatic rings. The Morgan fingerprint density at radius 3 is 2.73 bits per heavy atom. The van der Waals surface area contributed by atoms with Gasteiger partial charge in [0.05, 0.1) is 11.5 Å². The van der Waals surface area contributed by atoms with E-state index in [2.05, 4.69) is 20.7 Å². The standard InChI is InChI=1S/C9H12BrNO3S/c1-7(6-12)11-15(13,14)9-4-2-3-8(10)5-9/h2-5,7,11-12H,6H2,1H3/t7-/m0/s1. The van der Waals surface area contributed by atoms with Crippen LogP contribution in [0.15, 0.2) is 33.6 Å². The SMILES string of the molecule is C[C@@H](CO)NS(=O)(=O)c1cccc(Br)c1. The zero-order chi connectivity index (χ0) is 11.5. The molecule has 1 rings (SSSR count). The van der Waals surface area contributed by atoms with Gasteiger partial charge in [-0.3, -0.25) is 0 Å². The first kappa shape index (κ1) is 12.6. The molecular formula is C9H12BrNO3S. The van der Waals surface area contributed by atoms with Crippen LogP contribution in [0.25, 0.3) is 0 Å². The number of rotatable bonds is 4. The third-order valence-corrected chi connectivity index (χ3v) is 3.82. The molecule has 0 fully saturated rings. The summed E-state index contributed by atoms with van der Waals surface area (Å²) in [6, 6.07) is 5.90. The summed E-state index contributed by atoms with van der Waals surface area (Å²) in [7, 11) is -3.53. The van der Waals surface area contributed by atoms with E-state index in [1.807, 2.05) is 0 Å². The molecule has 4 nitrogen and oxygen atoms in total. The van der Waals surface area contributed by atoms with Crippen LogP contribution >= 0.6 is 15.9 Å². The van der Waals surface area contributed by atoms with Crippen LogP contribution in [0.3, 0.4) is 0 Å². The highest BCUT2D eigenvalue weighted by Crippen LogP contribution is 2.15. The summed E-state index contributed by atoms with van der Waals surface area (Å²) in [5.74, 6) is 0. The van der Waals surface area contributed by atoms with Gasteiger partial charge in [0, 0.05) is 10.5 Å². The molecule has 0 spiro atoms. The molecule has 6 heteroatoms. The lowest BCUT2D eigenvalue weighted by Gasteiger charge is -2.11. The van der Waals surface area contributed by atoms with E-state index >= 15 is 0 Å². The van der Waals surface area contributed by atoms with Gasteiger partial charge in [-0.15, -0.1) is 0 Å². The summed E-state index contributed by atoms with van der Waals surface area (Å²) in [6.07, 6.45) is 0. The second kappa shape index (κ2) is 5.07. The number of aliphatic hydroxyl groups is 1. The highest BCUT2D eigenvalue weighted by atomic mass is 79.9. The maximum Gasteiger partial charge on any atom is 0.240 e. The summed E-state index contributed by atoms with van der Waals surface area (Å²) in [5, 5.41) is 8.76. The van der Waals surface area contributed by atoms with Gasteiger partial charge < -0.3 is 5.11 Å². The average Bonchev–Trinajstić information content (AvgIpc) is 2.17. The van der Waals surface area contributed by atoms with Gasteiger partial charge in [0.25, 0.3) is 0 Å². The second-order valence-electron chi connectivity index (χ2n) is 3.16. The van der Waals surface area contributed by atoms with E-state index in [9.17, 15) is 8.42 Å². The topological polar surface area (TPSA) is 66.4 Å². The molecule has 0 aliphatic carbocycles. The number of halogens is 1. The highest BCUT2D eigenvalue weighted by molar-refractivity contribution is 9.10. The number of benzene rings is 1. The van der Waals surface area contributed by atoms with Crippen LogP contribution in [0.5, 0.6) is 0 Å². The Kier molecular flexibility index (Phi) is 4.27. The third-order valence-electron chi connectivity index (χ3n) is 1.74. The quantitative estimate of drug-likeness (QED) is 0.874. The number of nitrogens with one attached hydrogen (secondary N) is 1. The fourth-order valence-corrected chi connectivity index (χ4v) is 2.84. The Hall–Kier alpha value is -0.430. The lowest BCUT2D eigenvalue weighted by Crippen LogP contribution is -2.34. The Bertz CT molecular complexity index is 433. The predicted molar refractivity (Wildman–Crippen MR) is 61.0 cm³/mol. The van der Waals surface area contributed by atoms with Crippen molar-refractivity contribution in [2.45, 2.75) is 17.9 Å². The van der Waals surface area contributed by atoms with Gasteiger partial charge in [0.15, 0.2) is 0 Å². The average molecular weight is 294 g/mol. The molecule has 0 bridgehead atoms. The van der Waals surface area contributed by atoms with E-state index in [1.54, 1.807) is 19.1 Å². The molecule has 1 atom stereocenters. The molecule has 0 radical (unpaired) electrons. The van der Waals surface area contributed by atoms with E-state index in [0.717, 1.165) is 0 Å². The van der Waals surface area contributed by atoms with Crippen molar-refractivity contribution < 1.29 is 13.5 Å². The Morgan fingerprint density at radius 1 is 1.53 bits per heavy atom. The maximum absolute atomic E-state index is 11.7. The lowest BCUT2D eigenvalue weighted by atomic mass is 10.4. The highest BCUT2D eigenvalue weighted by Gasteiger charge is 2.16. The molecule has 15 heavy (non-hydrogen) atoms. The summed E-state index contributed by atoms with van der Waals surface area (Å²) >= 11 is 3.20. The first-order chi connectivity index (χ1) is 6.95. The fourth-order valence-electron chi connectivity index (χ4n) is 1.00. The smallest absolute Gasteiger partial charge is 0.240 e. The lowest BCUT2D eigenvalue weighted by molar-refractivity contribution is 0.265. The van der Waals surface area contributed by atoms with Gasteiger partial charge >= 0.3 is 0 Å². The molecule has 84 valence electrons. The molecule has 0 saturated carbocycles. The van der Waals surface area contributed by atoms with Crippen molar-refractivity contribution in [1.29, 1.82) is 0 Å². The van der Waals surface area contributed by atoms with Crippen LogP contribution in [-0.4, -0.2) is 26.2 Å². The summed E-state index contributed by atoms with van der Waals surface area (Å²) < 4.78 is 26.5. The maximum atomic E-state index is 11.7. The Balaban J connectivity index is 2.96. The normalized spacial score (nSPS) is 13.8. The van der Waals surface area contributed by atoms with Crippen molar-refractivity contribution >= 4 is 26.0 Å². The van der Waals surface area contributed by atoms with Crippen LogP contribution in [0.2, 0.25) is 0 Å². The van der Waals surface area contributed by atoms with Crippen molar-refractivity contribution in [3.8, 4) is 0 Å². The van der Waals surface area contributed by atoms with Crippen molar-refractivity contribution in [2.24, 2.45) is 0 Å². The van der Waals surface area contributed by atoms with Gasteiger partial charge in [-0.2, -0.15) is 0 Å². The molecule has 0 aliphatic rings. The zero-order valence-electron chi connectivity index (χ0n) is 8.14. The van der Waals surface area contributed by atoms with Crippen molar-refractivity contribution in [3.05, 3.63) is 28.7 Å². The largest absolute Gasteiger partial charge is 0.395 e. The molecule has 0 unspecified atom stereocenters. The van der Waals surface area contributed by atoms with E-state index in [-0.39, 0.29) is 11.5 Å². The number of sulfonamides is 1. The van der Waals surface area contributed by atoms with E-state index in [4.69, 9.17) is 5.11 Å². The summed E-state index contributed by atoms with van der Waals surface area (Å²) in [4.78, 5) is 0.178. The zero-order valence-corrected chi connectivity index (χ0v) is 10.5. The first-order valence-electron chi connectivity index (χ1n) is 4.34. The van der Waals surface area contributed by atoms with Crippen LogP contribution in [0, 0.1) is 0 Å². The fraction of sp³-hybridized carbons (Fsp3) is 0.333. The van der Waals surface area contributed by atoms with Crippen LogP contribution in [0.1, 0.15) is 6.92 Å². The minimum atomic E-state index is -3.53. The monoisotopic (exact) mass is 293 g/mol. The van der Waals surface area contributed by atoms with Gasteiger partial charge in [-0.25, -0.2) is 13.1 Å². The minimum absolute atomic E-state index is 0.178. The van der Waals surface area contributed by atoms with Gasteiger partial charge in [-0.05, 0) is 25.1 Å². The summed E-state index contributed by atoms with van der Waals surface area (Å²) in [5.41, 5.74) is 0. The van der Waals surface area contributed by atoms with Crippen LogP contribution in [0.4, 0.5) is 0 Å². The van der Waals surface area contributed by atoms with E-state index in [1.165, 1.54) is 12.1 Å². The molecule has 2 N–H and O–H groups in total. The molecule has 0 heterocycles. The van der Waals surface area contributed by atoms with Gasteiger partial charge in [0.2, 0.25) is 10.0 Å². The minimum Gasteiger partial charge on any atom is -0.395 e. The van der Waals surface area contributed by atoms with Crippen LogP contribution in [-0.2, 0) is 10.0 Å².